The van der Waals surface area contributed by atoms with Crippen LogP contribution in [0.4, 0.5) is 0 Å². The molecule has 0 saturated heterocycles. The normalized spacial score (nSPS) is 17.9. The molecule has 0 aliphatic rings. The number of aliphatic hydroxyl groups excluding tert-OH is 1. The fourth-order valence-electron chi connectivity index (χ4n) is 0.479. The van der Waals surface area contributed by atoms with Gasteiger partial charge in [0.15, 0.2) is 0 Å². The molecule has 3 nitrogen and oxygen atoms in total. The van der Waals surface area contributed by atoms with Gasteiger partial charge in [-0.15, -0.1) is 0 Å². The maximum Gasteiger partial charge on any atom is 0.224 e. The maximum absolute atomic E-state index is 10.9. The number of aliphatic hydroxyl groups is 1. The van der Waals surface area contributed by atoms with Crippen molar-refractivity contribution in [1.29, 1.82) is 0 Å². The Bertz CT molecular complexity index is 121. The predicted octanol–water partition coefficient (Wildman–Crippen LogP) is 1.27. The fraction of sp³-hybridized carbons (Fsp3) is 1.00. The van der Waals surface area contributed by atoms with Crippen LogP contribution >= 0.6 is 7.37 Å². The Balaban J connectivity index is 3.73. The van der Waals surface area contributed by atoms with Gasteiger partial charge in [-0.2, -0.15) is 0 Å². The van der Waals surface area contributed by atoms with E-state index in [1.807, 2.05) is 0 Å². The molecule has 4 heteroatoms. The second-order valence-corrected chi connectivity index (χ2v) is 4.83. The van der Waals surface area contributed by atoms with Crippen LogP contribution < -0.4 is 0 Å². The molecule has 1 unspecified atom stereocenters. The molecule has 0 rings (SSSR count). The highest BCUT2D eigenvalue weighted by molar-refractivity contribution is 7.57. The molecule has 0 aromatic carbocycles. The molecule has 0 aliphatic carbocycles. The molecule has 1 N–H and O–H groups in total. The van der Waals surface area contributed by atoms with Gasteiger partial charge in [0.1, 0.15) is 6.35 Å². The van der Waals surface area contributed by atoms with E-state index < -0.39 is 7.37 Å². The molecule has 1 atom stereocenters. The van der Waals surface area contributed by atoms with Gasteiger partial charge in [0.25, 0.3) is 0 Å². The number of hydrogen-bond acceptors (Lipinski definition) is 3. The van der Waals surface area contributed by atoms with E-state index in [4.69, 9.17) is 9.63 Å². The molecule has 0 saturated carbocycles. The molecule has 9 heavy (non-hydrogen) atoms. The van der Waals surface area contributed by atoms with Crippen LogP contribution in [0.15, 0.2) is 0 Å². The van der Waals surface area contributed by atoms with Crippen molar-refractivity contribution in [2.75, 3.05) is 13.0 Å². The van der Waals surface area contributed by atoms with Crippen molar-refractivity contribution in [2.45, 2.75) is 20.0 Å². The van der Waals surface area contributed by atoms with Crippen LogP contribution in [0.5, 0.6) is 0 Å². The van der Waals surface area contributed by atoms with E-state index in [2.05, 4.69) is 0 Å². The summed E-state index contributed by atoms with van der Waals surface area (Å²) in [6.07, 6.45) is -0.446. The van der Waals surface area contributed by atoms with Gasteiger partial charge >= 0.3 is 0 Å². The van der Waals surface area contributed by atoms with Crippen LogP contribution in [0.3, 0.4) is 0 Å². The second-order valence-electron chi connectivity index (χ2n) is 2.31. The van der Waals surface area contributed by atoms with Crippen molar-refractivity contribution in [2.24, 2.45) is 0 Å². The van der Waals surface area contributed by atoms with E-state index >= 15 is 0 Å². The van der Waals surface area contributed by atoms with Crippen LogP contribution in [0.25, 0.3) is 0 Å². The summed E-state index contributed by atoms with van der Waals surface area (Å²) in [6, 6.07) is 0. The zero-order chi connectivity index (χ0) is 7.49. The lowest BCUT2D eigenvalue weighted by Crippen LogP contribution is -2.01. The van der Waals surface area contributed by atoms with Crippen LogP contribution in [-0.2, 0) is 9.09 Å². The standard InChI is InChI=1S/C5H13O3P/c1-5(2)8-9(3,7)4-6/h5-6H,4H2,1-3H3. The van der Waals surface area contributed by atoms with E-state index in [-0.39, 0.29) is 12.5 Å². The molecular formula is C5H13O3P. The summed E-state index contributed by atoms with van der Waals surface area (Å²) in [5.74, 6) is 0. The fourth-order valence-corrected chi connectivity index (χ4v) is 1.44. The summed E-state index contributed by atoms with van der Waals surface area (Å²) in [7, 11) is -2.67. The first-order valence-corrected chi connectivity index (χ1v) is 5.09. The summed E-state index contributed by atoms with van der Waals surface area (Å²) in [4.78, 5) is 0. The number of hydrogen-bond donors (Lipinski definition) is 1. The topological polar surface area (TPSA) is 46.5 Å². The van der Waals surface area contributed by atoms with Gasteiger partial charge in [0.2, 0.25) is 7.37 Å². The third kappa shape index (κ3) is 4.64. The molecule has 0 spiro atoms. The van der Waals surface area contributed by atoms with Gasteiger partial charge in [-0.25, -0.2) is 0 Å². The first-order chi connectivity index (χ1) is 3.98. The summed E-state index contributed by atoms with van der Waals surface area (Å²) in [6.45, 7) is 4.99. The Kier molecular flexibility index (Phi) is 3.41. The Hall–Kier alpha value is 0.150. The molecule has 0 aliphatic heterocycles. The lowest BCUT2D eigenvalue weighted by atomic mass is 10.5. The molecule has 0 aromatic rings. The van der Waals surface area contributed by atoms with E-state index in [1.165, 1.54) is 6.66 Å². The maximum atomic E-state index is 10.9. The predicted molar refractivity (Wildman–Crippen MR) is 36.8 cm³/mol. The van der Waals surface area contributed by atoms with Crippen molar-refractivity contribution >= 4 is 7.37 Å². The molecule has 0 fully saturated rings. The summed E-state index contributed by atoms with van der Waals surface area (Å²) < 4.78 is 15.8. The first kappa shape index (κ1) is 9.15. The van der Waals surface area contributed by atoms with Crippen molar-refractivity contribution in [3.8, 4) is 0 Å². The SMILES string of the molecule is CC(C)OP(C)(=O)CO. The Labute approximate surface area is 55.5 Å². The van der Waals surface area contributed by atoms with E-state index in [9.17, 15) is 4.57 Å². The van der Waals surface area contributed by atoms with Crippen molar-refractivity contribution in [3.63, 3.8) is 0 Å². The zero-order valence-corrected chi connectivity index (χ0v) is 6.89. The van der Waals surface area contributed by atoms with E-state index in [0.29, 0.717) is 0 Å². The quantitative estimate of drug-likeness (QED) is 0.619. The minimum absolute atomic E-state index is 0.0759. The smallest absolute Gasteiger partial charge is 0.224 e. The first-order valence-electron chi connectivity index (χ1n) is 2.84. The molecule has 0 heterocycles. The van der Waals surface area contributed by atoms with Gasteiger partial charge in [-0.3, -0.25) is 4.57 Å². The minimum atomic E-state index is -2.67. The van der Waals surface area contributed by atoms with Crippen LogP contribution in [0.2, 0.25) is 0 Å². The highest BCUT2D eigenvalue weighted by Gasteiger charge is 2.14. The highest BCUT2D eigenvalue weighted by atomic mass is 31.2. The third-order valence-corrected chi connectivity index (χ3v) is 2.07. The Morgan fingerprint density at radius 1 is 1.67 bits per heavy atom. The largest absolute Gasteiger partial charge is 0.386 e. The molecule has 0 radical (unpaired) electrons. The minimum Gasteiger partial charge on any atom is -0.386 e. The number of rotatable bonds is 3. The summed E-state index contributed by atoms with van der Waals surface area (Å²) >= 11 is 0. The van der Waals surface area contributed by atoms with Gasteiger partial charge < -0.3 is 9.63 Å². The molecular weight excluding hydrogens is 139 g/mol. The van der Waals surface area contributed by atoms with Crippen molar-refractivity contribution < 1.29 is 14.2 Å². The van der Waals surface area contributed by atoms with Crippen molar-refractivity contribution in [1.82, 2.24) is 0 Å². The highest BCUT2D eigenvalue weighted by Crippen LogP contribution is 2.41. The monoisotopic (exact) mass is 152 g/mol. The zero-order valence-electron chi connectivity index (χ0n) is 6.00. The molecule has 56 valence electrons. The second kappa shape index (κ2) is 3.35. The van der Waals surface area contributed by atoms with E-state index in [1.54, 1.807) is 13.8 Å². The summed E-state index contributed by atoms with van der Waals surface area (Å²) in [5, 5.41) is 8.45. The average Bonchev–Trinajstić information content (AvgIpc) is 1.63. The van der Waals surface area contributed by atoms with E-state index in [0.717, 1.165) is 0 Å². The van der Waals surface area contributed by atoms with Gasteiger partial charge in [0, 0.05) is 6.66 Å². The molecule has 0 aromatic heterocycles. The third-order valence-electron chi connectivity index (χ3n) is 0.691. The molecule has 0 amide bonds. The lowest BCUT2D eigenvalue weighted by Gasteiger charge is -2.12. The van der Waals surface area contributed by atoms with Crippen LogP contribution in [0.1, 0.15) is 13.8 Å². The average molecular weight is 152 g/mol. The van der Waals surface area contributed by atoms with Gasteiger partial charge in [-0.05, 0) is 13.8 Å². The molecule has 0 bridgehead atoms. The van der Waals surface area contributed by atoms with Crippen LogP contribution in [0, 0.1) is 0 Å². The van der Waals surface area contributed by atoms with Gasteiger partial charge in [0.05, 0.1) is 6.10 Å². The van der Waals surface area contributed by atoms with Crippen molar-refractivity contribution in [3.05, 3.63) is 0 Å². The summed E-state index contributed by atoms with van der Waals surface area (Å²) in [5.41, 5.74) is 0. The lowest BCUT2D eigenvalue weighted by molar-refractivity contribution is 0.225. The Morgan fingerprint density at radius 3 is 2.22 bits per heavy atom. The Morgan fingerprint density at radius 2 is 2.11 bits per heavy atom. The van der Waals surface area contributed by atoms with Gasteiger partial charge in [-0.1, -0.05) is 0 Å². The van der Waals surface area contributed by atoms with Crippen LogP contribution in [-0.4, -0.2) is 24.2 Å².